The van der Waals surface area contributed by atoms with Crippen molar-refractivity contribution in [1.29, 1.82) is 0 Å². The largest absolute Gasteiger partial charge is 0.480 e. The first-order chi connectivity index (χ1) is 11.3. The van der Waals surface area contributed by atoms with Crippen molar-refractivity contribution in [3.8, 4) is 0 Å². The van der Waals surface area contributed by atoms with Crippen molar-refractivity contribution < 1.29 is 29.4 Å². The van der Waals surface area contributed by atoms with E-state index in [-0.39, 0.29) is 13.0 Å². The lowest BCUT2D eigenvalue weighted by Gasteiger charge is -2.28. The van der Waals surface area contributed by atoms with E-state index in [4.69, 9.17) is 5.11 Å². The summed E-state index contributed by atoms with van der Waals surface area (Å²) in [5.41, 5.74) is -1.65. The number of Topliss-reactive ketones (excluding diaryl/α,β-unsaturated/α-hetero) is 1. The van der Waals surface area contributed by atoms with Crippen LogP contribution in [0.5, 0.6) is 0 Å². The molecule has 0 unspecified atom stereocenters. The minimum atomic E-state index is -1.65. The summed E-state index contributed by atoms with van der Waals surface area (Å²) < 4.78 is 0. The monoisotopic (exact) mass is 341 g/mol. The van der Waals surface area contributed by atoms with E-state index in [2.05, 4.69) is 10.6 Å². The molecule has 2 fully saturated rings. The first-order valence-electron chi connectivity index (χ1n) is 8.07. The molecule has 0 bridgehead atoms. The minimum Gasteiger partial charge on any atom is -0.480 e. The molecule has 134 valence electrons. The van der Waals surface area contributed by atoms with Crippen LogP contribution in [0.4, 0.5) is 0 Å². The summed E-state index contributed by atoms with van der Waals surface area (Å²) >= 11 is 0. The number of nitrogens with one attached hydrogen (secondary N) is 2. The highest BCUT2D eigenvalue weighted by atomic mass is 16.4. The van der Waals surface area contributed by atoms with E-state index in [0.717, 1.165) is 0 Å². The number of hydrogen-bond donors (Lipinski definition) is 4. The zero-order valence-corrected chi connectivity index (χ0v) is 13.6. The molecule has 3 atom stereocenters. The third-order valence-electron chi connectivity index (χ3n) is 4.70. The number of carboxylic acid groups (broad SMARTS) is 2. The number of rotatable bonds is 7. The summed E-state index contributed by atoms with van der Waals surface area (Å²) in [6.07, 6.45) is 1.99. The highest BCUT2D eigenvalue weighted by Gasteiger charge is 2.50. The van der Waals surface area contributed by atoms with Gasteiger partial charge in [-0.25, -0.2) is 4.79 Å². The number of carbonyl (C=O) groups is 4. The minimum absolute atomic E-state index is 0.190. The molecule has 2 saturated heterocycles. The Morgan fingerprint density at radius 3 is 2.54 bits per heavy atom. The number of aliphatic carboxylic acids is 2. The molecular weight excluding hydrogens is 318 g/mol. The van der Waals surface area contributed by atoms with Gasteiger partial charge in [0.25, 0.3) is 0 Å². The average Bonchev–Trinajstić information content (AvgIpc) is 3.15. The van der Waals surface area contributed by atoms with E-state index >= 15 is 0 Å². The van der Waals surface area contributed by atoms with Gasteiger partial charge in [-0.15, -0.1) is 0 Å². The Labute approximate surface area is 139 Å². The van der Waals surface area contributed by atoms with Crippen LogP contribution in [0.15, 0.2) is 0 Å². The number of likely N-dealkylation sites (tertiary alicyclic amines) is 1. The maximum atomic E-state index is 12.6. The van der Waals surface area contributed by atoms with Crippen LogP contribution in [0.3, 0.4) is 0 Å². The smallest absolute Gasteiger partial charge is 0.331 e. The van der Waals surface area contributed by atoms with E-state index in [1.807, 2.05) is 0 Å². The molecule has 0 aromatic heterocycles. The molecule has 9 nitrogen and oxygen atoms in total. The second kappa shape index (κ2) is 7.27. The van der Waals surface area contributed by atoms with Gasteiger partial charge in [-0.2, -0.15) is 0 Å². The molecule has 2 aliphatic rings. The molecule has 1 amide bonds. The van der Waals surface area contributed by atoms with Gasteiger partial charge in [0.15, 0.2) is 11.3 Å². The molecule has 0 spiro atoms. The highest BCUT2D eigenvalue weighted by Crippen LogP contribution is 2.23. The Hall–Kier alpha value is -2.00. The van der Waals surface area contributed by atoms with Gasteiger partial charge in [-0.05, 0) is 45.7 Å². The van der Waals surface area contributed by atoms with Crippen molar-refractivity contribution in [2.24, 2.45) is 0 Å². The van der Waals surface area contributed by atoms with Crippen molar-refractivity contribution in [1.82, 2.24) is 15.5 Å². The van der Waals surface area contributed by atoms with E-state index in [0.29, 0.717) is 32.4 Å². The van der Waals surface area contributed by atoms with E-state index in [1.165, 1.54) is 6.92 Å². The average molecular weight is 341 g/mol. The Morgan fingerprint density at radius 2 is 2.00 bits per heavy atom. The van der Waals surface area contributed by atoms with Crippen molar-refractivity contribution in [2.45, 2.75) is 50.2 Å². The lowest BCUT2D eigenvalue weighted by Crippen LogP contribution is -2.61. The molecule has 2 aliphatic heterocycles. The molecule has 0 aliphatic carbocycles. The third-order valence-corrected chi connectivity index (χ3v) is 4.70. The maximum absolute atomic E-state index is 12.6. The summed E-state index contributed by atoms with van der Waals surface area (Å²) in [6, 6.07) is -1.57. The van der Waals surface area contributed by atoms with Crippen LogP contribution in [-0.4, -0.2) is 76.0 Å². The zero-order chi connectivity index (χ0) is 17.9. The van der Waals surface area contributed by atoms with Crippen LogP contribution in [0, 0.1) is 0 Å². The van der Waals surface area contributed by atoms with Gasteiger partial charge in [0.05, 0.1) is 18.6 Å². The summed E-state index contributed by atoms with van der Waals surface area (Å²) in [7, 11) is 0. The predicted octanol–water partition coefficient (Wildman–Crippen LogP) is -1.18. The normalized spacial score (nSPS) is 28.5. The zero-order valence-electron chi connectivity index (χ0n) is 13.6. The van der Waals surface area contributed by atoms with Gasteiger partial charge in [0.2, 0.25) is 5.91 Å². The quantitative estimate of drug-likeness (QED) is 0.425. The number of carbonyl (C=O) groups excluding carboxylic acids is 2. The molecular formula is C15H23N3O6. The summed E-state index contributed by atoms with van der Waals surface area (Å²) in [4.78, 5) is 48.8. The van der Waals surface area contributed by atoms with E-state index < -0.39 is 41.3 Å². The van der Waals surface area contributed by atoms with E-state index in [1.54, 1.807) is 4.90 Å². The van der Waals surface area contributed by atoms with Crippen LogP contribution in [0.1, 0.15) is 32.6 Å². The SMILES string of the molecule is C[C@H](NC(=O)[C@@H]1CCCN1CC(=O)O)C(=O)[C@@]1(C(=O)O)CCCN1. The molecule has 4 N–H and O–H groups in total. The number of nitrogens with zero attached hydrogens (tertiary/aromatic N) is 1. The Balaban J connectivity index is 2.01. The molecule has 2 rings (SSSR count). The molecule has 0 radical (unpaired) electrons. The van der Waals surface area contributed by atoms with Gasteiger partial charge < -0.3 is 15.5 Å². The van der Waals surface area contributed by atoms with Gasteiger partial charge in [-0.3, -0.25) is 24.6 Å². The van der Waals surface area contributed by atoms with Crippen LogP contribution >= 0.6 is 0 Å². The second-order valence-corrected chi connectivity index (χ2v) is 6.36. The Bertz CT molecular complexity index is 543. The van der Waals surface area contributed by atoms with Crippen molar-refractivity contribution in [3.05, 3.63) is 0 Å². The van der Waals surface area contributed by atoms with Gasteiger partial charge in [0.1, 0.15) is 0 Å². The maximum Gasteiger partial charge on any atom is 0.331 e. The van der Waals surface area contributed by atoms with Crippen molar-refractivity contribution in [2.75, 3.05) is 19.6 Å². The molecule has 0 aromatic rings. The fourth-order valence-electron chi connectivity index (χ4n) is 3.47. The summed E-state index contributed by atoms with van der Waals surface area (Å²) in [5.74, 6) is -3.27. The highest BCUT2D eigenvalue weighted by molar-refractivity contribution is 6.11. The molecule has 24 heavy (non-hydrogen) atoms. The number of amides is 1. The molecule has 0 saturated carbocycles. The van der Waals surface area contributed by atoms with Gasteiger partial charge >= 0.3 is 11.9 Å². The standard InChI is InChI=1S/C15H23N3O6/c1-9(12(21)15(14(23)24)5-3-6-16-15)17-13(22)10-4-2-7-18(10)8-11(19)20/h9-10,16H,2-8H2,1H3,(H,17,22)(H,19,20)(H,23,24)/t9-,10-,15+/m0/s1. The summed E-state index contributed by atoms with van der Waals surface area (Å²) in [5, 5.41) is 23.6. The first-order valence-corrected chi connectivity index (χ1v) is 8.07. The van der Waals surface area contributed by atoms with Crippen LogP contribution in [0.25, 0.3) is 0 Å². The number of hydrogen-bond acceptors (Lipinski definition) is 6. The van der Waals surface area contributed by atoms with Crippen LogP contribution < -0.4 is 10.6 Å². The van der Waals surface area contributed by atoms with Gasteiger partial charge in [-0.1, -0.05) is 0 Å². The van der Waals surface area contributed by atoms with Crippen molar-refractivity contribution >= 4 is 23.6 Å². The summed E-state index contributed by atoms with van der Waals surface area (Å²) in [6.45, 7) is 2.17. The fourth-order valence-corrected chi connectivity index (χ4v) is 3.47. The molecule has 2 heterocycles. The van der Waals surface area contributed by atoms with Crippen molar-refractivity contribution in [3.63, 3.8) is 0 Å². The number of ketones is 1. The lowest BCUT2D eigenvalue weighted by molar-refractivity contribution is -0.151. The van der Waals surface area contributed by atoms with Crippen LogP contribution in [0.2, 0.25) is 0 Å². The van der Waals surface area contributed by atoms with Crippen LogP contribution in [-0.2, 0) is 19.2 Å². The first kappa shape index (κ1) is 18.3. The Kier molecular flexibility index (Phi) is 5.55. The van der Waals surface area contributed by atoms with E-state index in [9.17, 15) is 24.3 Å². The molecule has 9 heteroatoms. The Morgan fingerprint density at radius 1 is 1.29 bits per heavy atom. The second-order valence-electron chi connectivity index (χ2n) is 6.36. The number of carboxylic acids is 2. The topological polar surface area (TPSA) is 136 Å². The fraction of sp³-hybridized carbons (Fsp3) is 0.733. The third kappa shape index (κ3) is 3.57. The molecule has 0 aromatic carbocycles. The van der Waals surface area contributed by atoms with Gasteiger partial charge in [0, 0.05) is 0 Å². The predicted molar refractivity (Wildman–Crippen MR) is 82.4 cm³/mol. The lowest BCUT2D eigenvalue weighted by atomic mass is 9.88.